The molecule has 0 heterocycles. The van der Waals surface area contributed by atoms with Crippen molar-refractivity contribution in [1.29, 1.82) is 0 Å². The lowest BCUT2D eigenvalue weighted by Gasteiger charge is -2.14. The molecular formula is C18H20O3. The van der Waals surface area contributed by atoms with Crippen molar-refractivity contribution in [1.82, 2.24) is 0 Å². The van der Waals surface area contributed by atoms with Gasteiger partial charge in [-0.3, -0.25) is 0 Å². The second kappa shape index (κ2) is 6.00. The highest BCUT2D eigenvalue weighted by atomic mass is 16.5. The van der Waals surface area contributed by atoms with E-state index in [2.05, 4.69) is 32.9 Å². The third-order valence-electron chi connectivity index (χ3n) is 3.48. The molecule has 1 N–H and O–H groups in total. The van der Waals surface area contributed by atoms with E-state index >= 15 is 0 Å². The Hall–Kier alpha value is -2.29. The van der Waals surface area contributed by atoms with Gasteiger partial charge in [0.25, 0.3) is 0 Å². The summed E-state index contributed by atoms with van der Waals surface area (Å²) in [4.78, 5) is 10.8. The normalized spacial score (nSPS) is 12.0. The quantitative estimate of drug-likeness (QED) is 0.918. The molecule has 0 saturated carbocycles. The summed E-state index contributed by atoms with van der Waals surface area (Å²) < 4.78 is 5.35. The number of rotatable bonds is 4. The SMILES string of the molecule is Cc1cc(C)c(-c2ccc(OC(C)C(=O)O)cc2)c(C)c1. The molecule has 0 aromatic heterocycles. The molecule has 1 unspecified atom stereocenters. The molecule has 0 aliphatic rings. The lowest BCUT2D eigenvalue weighted by Crippen LogP contribution is -2.22. The van der Waals surface area contributed by atoms with Gasteiger partial charge in [-0.2, -0.15) is 0 Å². The Balaban J connectivity index is 2.29. The Labute approximate surface area is 125 Å². The lowest BCUT2D eigenvalue weighted by molar-refractivity contribution is -0.144. The number of benzene rings is 2. The van der Waals surface area contributed by atoms with Gasteiger partial charge in [-0.1, -0.05) is 29.8 Å². The molecule has 0 spiro atoms. The van der Waals surface area contributed by atoms with Crippen LogP contribution in [0.4, 0.5) is 0 Å². The van der Waals surface area contributed by atoms with Crippen LogP contribution < -0.4 is 4.74 Å². The summed E-state index contributed by atoms with van der Waals surface area (Å²) >= 11 is 0. The van der Waals surface area contributed by atoms with Gasteiger partial charge in [0.1, 0.15) is 5.75 Å². The average molecular weight is 284 g/mol. The zero-order chi connectivity index (χ0) is 15.6. The molecule has 0 amide bonds. The molecule has 1 atom stereocenters. The van der Waals surface area contributed by atoms with E-state index in [1.807, 2.05) is 24.3 Å². The van der Waals surface area contributed by atoms with Crippen LogP contribution >= 0.6 is 0 Å². The third kappa shape index (κ3) is 3.43. The minimum absolute atomic E-state index is 0.566. The van der Waals surface area contributed by atoms with E-state index in [1.54, 1.807) is 0 Å². The fourth-order valence-corrected chi connectivity index (χ4v) is 2.59. The highest BCUT2D eigenvalue weighted by molar-refractivity contribution is 5.73. The number of aliphatic carboxylic acids is 1. The highest BCUT2D eigenvalue weighted by Gasteiger charge is 2.12. The standard InChI is InChI=1S/C18H20O3/c1-11-9-12(2)17(13(3)10-11)15-5-7-16(8-6-15)21-14(4)18(19)20/h5-10,14H,1-4H3,(H,19,20). The molecule has 0 aliphatic heterocycles. The summed E-state index contributed by atoms with van der Waals surface area (Å²) in [7, 11) is 0. The molecule has 2 rings (SSSR count). The smallest absolute Gasteiger partial charge is 0.344 e. The molecule has 21 heavy (non-hydrogen) atoms. The number of carboxylic acids is 1. The lowest BCUT2D eigenvalue weighted by atomic mass is 9.94. The van der Waals surface area contributed by atoms with Gasteiger partial charge >= 0.3 is 5.97 Å². The first kappa shape index (κ1) is 15.1. The summed E-state index contributed by atoms with van der Waals surface area (Å²) in [6.45, 7) is 7.82. The molecular weight excluding hydrogens is 264 g/mol. The van der Waals surface area contributed by atoms with Crippen molar-refractivity contribution in [2.45, 2.75) is 33.8 Å². The summed E-state index contributed by atoms with van der Waals surface area (Å²) in [5.41, 5.74) is 6.06. The number of carbonyl (C=O) groups is 1. The second-order valence-electron chi connectivity index (χ2n) is 5.40. The maximum atomic E-state index is 10.8. The van der Waals surface area contributed by atoms with Crippen LogP contribution in [-0.2, 0) is 4.79 Å². The molecule has 110 valence electrons. The zero-order valence-electron chi connectivity index (χ0n) is 12.8. The van der Waals surface area contributed by atoms with Crippen molar-refractivity contribution in [2.24, 2.45) is 0 Å². The van der Waals surface area contributed by atoms with Crippen LogP contribution in [-0.4, -0.2) is 17.2 Å². The molecule has 0 radical (unpaired) electrons. The van der Waals surface area contributed by atoms with Crippen LogP contribution in [0.15, 0.2) is 36.4 Å². The zero-order valence-corrected chi connectivity index (χ0v) is 12.8. The highest BCUT2D eigenvalue weighted by Crippen LogP contribution is 2.29. The van der Waals surface area contributed by atoms with E-state index in [0.29, 0.717) is 5.75 Å². The minimum atomic E-state index is -0.968. The van der Waals surface area contributed by atoms with E-state index in [4.69, 9.17) is 9.84 Å². The van der Waals surface area contributed by atoms with Crippen molar-refractivity contribution in [2.75, 3.05) is 0 Å². The topological polar surface area (TPSA) is 46.5 Å². The first-order valence-electron chi connectivity index (χ1n) is 6.96. The molecule has 3 nitrogen and oxygen atoms in total. The van der Waals surface area contributed by atoms with Gasteiger partial charge < -0.3 is 9.84 Å². The van der Waals surface area contributed by atoms with Crippen LogP contribution in [0.5, 0.6) is 5.75 Å². The third-order valence-corrected chi connectivity index (χ3v) is 3.48. The number of hydrogen-bond donors (Lipinski definition) is 1. The fraction of sp³-hybridized carbons (Fsp3) is 0.278. The van der Waals surface area contributed by atoms with Crippen molar-refractivity contribution in [3.8, 4) is 16.9 Å². The number of aryl methyl sites for hydroxylation is 3. The Kier molecular flexibility index (Phi) is 4.32. The molecule has 0 aliphatic carbocycles. The minimum Gasteiger partial charge on any atom is -0.479 e. The van der Waals surface area contributed by atoms with Gasteiger partial charge in [-0.05, 0) is 62.1 Å². The van der Waals surface area contributed by atoms with Gasteiger partial charge in [0, 0.05) is 0 Å². The van der Waals surface area contributed by atoms with Crippen LogP contribution in [0.1, 0.15) is 23.6 Å². The predicted molar refractivity (Wildman–Crippen MR) is 83.8 cm³/mol. The van der Waals surface area contributed by atoms with E-state index < -0.39 is 12.1 Å². The molecule has 2 aromatic carbocycles. The molecule has 0 fully saturated rings. The van der Waals surface area contributed by atoms with Crippen molar-refractivity contribution in [3.05, 3.63) is 53.1 Å². The monoisotopic (exact) mass is 284 g/mol. The molecule has 3 heteroatoms. The van der Waals surface area contributed by atoms with Crippen LogP contribution in [0, 0.1) is 20.8 Å². The van der Waals surface area contributed by atoms with E-state index in [9.17, 15) is 4.79 Å². The number of ether oxygens (including phenoxy) is 1. The first-order valence-corrected chi connectivity index (χ1v) is 6.96. The summed E-state index contributed by atoms with van der Waals surface area (Å²) in [6.07, 6.45) is -0.848. The molecule has 0 bridgehead atoms. The van der Waals surface area contributed by atoms with Crippen molar-refractivity contribution < 1.29 is 14.6 Å². The largest absolute Gasteiger partial charge is 0.479 e. The van der Waals surface area contributed by atoms with Crippen LogP contribution in [0.2, 0.25) is 0 Å². The van der Waals surface area contributed by atoms with Crippen LogP contribution in [0.3, 0.4) is 0 Å². The van der Waals surface area contributed by atoms with Gasteiger partial charge in [0.15, 0.2) is 6.10 Å². The van der Waals surface area contributed by atoms with E-state index in [0.717, 1.165) is 5.56 Å². The van der Waals surface area contributed by atoms with Gasteiger partial charge in [0.2, 0.25) is 0 Å². The summed E-state index contributed by atoms with van der Waals surface area (Å²) in [5.74, 6) is -0.402. The van der Waals surface area contributed by atoms with Gasteiger partial charge in [-0.25, -0.2) is 4.79 Å². The van der Waals surface area contributed by atoms with Gasteiger partial charge in [-0.15, -0.1) is 0 Å². The van der Waals surface area contributed by atoms with E-state index in [1.165, 1.54) is 29.2 Å². The average Bonchev–Trinajstić information content (AvgIpc) is 2.39. The summed E-state index contributed by atoms with van der Waals surface area (Å²) in [5, 5.41) is 8.85. The maximum Gasteiger partial charge on any atom is 0.344 e. The Morgan fingerprint density at radius 1 is 1.05 bits per heavy atom. The summed E-state index contributed by atoms with van der Waals surface area (Å²) in [6, 6.07) is 11.9. The van der Waals surface area contributed by atoms with Crippen molar-refractivity contribution in [3.63, 3.8) is 0 Å². The molecule has 2 aromatic rings. The first-order chi connectivity index (χ1) is 9.88. The van der Waals surface area contributed by atoms with Crippen molar-refractivity contribution >= 4 is 5.97 Å². The maximum absolute atomic E-state index is 10.8. The fourth-order valence-electron chi connectivity index (χ4n) is 2.59. The number of carboxylic acid groups (broad SMARTS) is 1. The van der Waals surface area contributed by atoms with Gasteiger partial charge in [0.05, 0.1) is 0 Å². The Bertz CT molecular complexity index is 634. The van der Waals surface area contributed by atoms with E-state index in [-0.39, 0.29) is 0 Å². The second-order valence-corrected chi connectivity index (χ2v) is 5.40. The predicted octanol–water partition coefficient (Wildman–Crippen LogP) is 4.13. The number of hydrogen-bond acceptors (Lipinski definition) is 2. The Morgan fingerprint density at radius 2 is 1.57 bits per heavy atom. The molecule has 0 saturated heterocycles. The Morgan fingerprint density at radius 3 is 2.05 bits per heavy atom. The van der Waals surface area contributed by atoms with Crippen LogP contribution in [0.25, 0.3) is 11.1 Å².